The van der Waals surface area contributed by atoms with E-state index in [0.29, 0.717) is 12.8 Å². The van der Waals surface area contributed by atoms with Gasteiger partial charge in [-0.2, -0.15) is 4.31 Å². The van der Waals surface area contributed by atoms with Gasteiger partial charge in [0.1, 0.15) is 11.6 Å². The highest BCUT2D eigenvalue weighted by molar-refractivity contribution is 7.89. The van der Waals surface area contributed by atoms with Gasteiger partial charge in [0.2, 0.25) is 15.9 Å². The van der Waals surface area contributed by atoms with Gasteiger partial charge in [0, 0.05) is 19.6 Å². The Balaban J connectivity index is 1.73. The maximum absolute atomic E-state index is 13.4. The van der Waals surface area contributed by atoms with Crippen LogP contribution in [0.2, 0.25) is 5.02 Å². The zero-order valence-electron chi connectivity index (χ0n) is 15.8. The summed E-state index contributed by atoms with van der Waals surface area (Å²) in [6, 6.07) is 9.03. The summed E-state index contributed by atoms with van der Waals surface area (Å²) in [5.41, 5.74) is -0.181. The van der Waals surface area contributed by atoms with Crippen molar-refractivity contribution in [2.45, 2.75) is 31.2 Å². The first-order valence-corrected chi connectivity index (χ1v) is 10.9. The summed E-state index contributed by atoms with van der Waals surface area (Å²) in [6.07, 6.45) is 1.03. The lowest BCUT2D eigenvalue weighted by molar-refractivity contribution is -0.132. The van der Waals surface area contributed by atoms with Crippen molar-refractivity contribution in [3.05, 3.63) is 64.7 Å². The molecule has 0 unspecified atom stereocenters. The van der Waals surface area contributed by atoms with Crippen LogP contribution in [0.1, 0.15) is 25.3 Å². The molecule has 1 heterocycles. The zero-order chi connectivity index (χ0) is 21.2. The maximum atomic E-state index is 13.4. The number of hydrogen-bond donors (Lipinski definition) is 1. The van der Waals surface area contributed by atoms with Gasteiger partial charge in [-0.1, -0.05) is 23.7 Å². The van der Waals surface area contributed by atoms with E-state index in [0.717, 1.165) is 23.8 Å². The third-order valence-electron chi connectivity index (χ3n) is 5.10. The first-order valence-electron chi connectivity index (χ1n) is 9.10. The van der Waals surface area contributed by atoms with E-state index in [1.807, 2.05) is 0 Å². The Morgan fingerprint density at radius 1 is 1.21 bits per heavy atom. The van der Waals surface area contributed by atoms with Crippen LogP contribution in [0.5, 0.6) is 0 Å². The van der Waals surface area contributed by atoms with E-state index >= 15 is 0 Å². The van der Waals surface area contributed by atoms with Crippen LogP contribution in [0.25, 0.3) is 0 Å². The number of halogens is 3. The number of piperidine rings is 1. The fourth-order valence-corrected chi connectivity index (χ4v) is 5.24. The smallest absolute Gasteiger partial charge is 0.243 e. The van der Waals surface area contributed by atoms with Gasteiger partial charge in [0.05, 0.1) is 15.3 Å². The molecule has 1 amide bonds. The van der Waals surface area contributed by atoms with Crippen LogP contribution in [0.3, 0.4) is 0 Å². The van der Waals surface area contributed by atoms with Crippen molar-refractivity contribution in [1.29, 1.82) is 0 Å². The third-order valence-corrected chi connectivity index (χ3v) is 7.24. The van der Waals surface area contributed by atoms with Crippen LogP contribution in [0.4, 0.5) is 8.78 Å². The first kappa shape index (κ1) is 21.7. The Morgan fingerprint density at radius 3 is 2.55 bits per heavy atom. The Morgan fingerprint density at radius 2 is 1.90 bits per heavy atom. The molecule has 0 bridgehead atoms. The molecule has 0 aromatic heterocycles. The Bertz CT molecular complexity index is 1010. The van der Waals surface area contributed by atoms with Crippen LogP contribution in [0.15, 0.2) is 47.4 Å². The second-order valence-electron chi connectivity index (χ2n) is 7.39. The highest BCUT2D eigenvalue weighted by atomic mass is 35.5. The minimum absolute atomic E-state index is 0.000417. The predicted molar refractivity (Wildman–Crippen MR) is 106 cm³/mol. The van der Waals surface area contributed by atoms with Gasteiger partial charge in [-0.3, -0.25) is 4.79 Å². The minimum atomic E-state index is -3.92. The molecule has 1 fully saturated rings. The number of carbonyl (C=O) groups excluding carboxylic acids is 1. The number of nitrogens with zero attached hydrogens (tertiary/aromatic N) is 1. The first-order chi connectivity index (χ1) is 13.6. The topological polar surface area (TPSA) is 66.5 Å². The average Bonchev–Trinajstić information content (AvgIpc) is 2.69. The molecule has 9 heteroatoms. The molecule has 1 aliphatic heterocycles. The van der Waals surface area contributed by atoms with Crippen molar-refractivity contribution in [3.63, 3.8) is 0 Å². The number of carbonyl (C=O) groups is 1. The van der Waals surface area contributed by atoms with Gasteiger partial charge in [0.15, 0.2) is 0 Å². The van der Waals surface area contributed by atoms with Crippen molar-refractivity contribution in [1.82, 2.24) is 9.62 Å². The largest absolute Gasteiger partial charge is 0.352 e. The lowest BCUT2D eigenvalue weighted by atomic mass is 9.82. The molecule has 1 N–H and O–H groups in total. The summed E-state index contributed by atoms with van der Waals surface area (Å²) >= 11 is 5.73. The fraction of sp³-hybridized carbons (Fsp3) is 0.350. The zero-order valence-corrected chi connectivity index (χ0v) is 17.4. The van der Waals surface area contributed by atoms with E-state index < -0.39 is 21.3 Å². The number of rotatable bonds is 5. The highest BCUT2D eigenvalue weighted by Gasteiger charge is 2.41. The normalized spacial score (nSPS) is 20.4. The van der Waals surface area contributed by atoms with Crippen LogP contribution >= 0.6 is 11.6 Å². The molecule has 0 saturated carbocycles. The number of benzene rings is 2. The Labute approximate surface area is 173 Å². The van der Waals surface area contributed by atoms with Crippen LogP contribution in [0, 0.1) is 17.0 Å². The molecule has 5 nitrogen and oxygen atoms in total. The van der Waals surface area contributed by atoms with Gasteiger partial charge in [-0.15, -0.1) is 0 Å². The molecule has 0 spiro atoms. The van der Waals surface area contributed by atoms with Gasteiger partial charge in [-0.25, -0.2) is 17.2 Å². The van der Waals surface area contributed by atoms with Crippen molar-refractivity contribution in [2.75, 3.05) is 13.1 Å². The molecule has 1 atom stereocenters. The van der Waals surface area contributed by atoms with E-state index in [9.17, 15) is 22.0 Å². The number of amides is 1. The summed E-state index contributed by atoms with van der Waals surface area (Å²) in [5.74, 6) is -1.34. The molecular formula is C20H21ClF2N2O3S. The predicted octanol–water partition coefficient (Wildman–Crippen LogP) is 3.73. The van der Waals surface area contributed by atoms with Crippen molar-refractivity contribution >= 4 is 27.5 Å². The summed E-state index contributed by atoms with van der Waals surface area (Å²) < 4.78 is 53.5. The highest BCUT2D eigenvalue weighted by Crippen LogP contribution is 2.33. The second-order valence-corrected chi connectivity index (χ2v) is 9.73. The summed E-state index contributed by atoms with van der Waals surface area (Å²) in [7, 11) is -3.92. The molecule has 29 heavy (non-hydrogen) atoms. The van der Waals surface area contributed by atoms with Gasteiger partial charge in [0.25, 0.3) is 0 Å². The molecule has 0 radical (unpaired) electrons. The lowest BCUT2D eigenvalue weighted by Gasteiger charge is -2.38. The Hall–Kier alpha value is -2.03. The molecule has 2 aromatic carbocycles. The summed E-state index contributed by atoms with van der Waals surface area (Å²) in [4.78, 5) is 12.7. The number of nitrogens with one attached hydrogen (secondary N) is 1. The molecule has 1 aliphatic rings. The average molecular weight is 443 g/mol. The quantitative estimate of drug-likeness (QED) is 0.767. The molecule has 2 aromatic rings. The molecule has 0 aliphatic carbocycles. The number of hydrogen-bond acceptors (Lipinski definition) is 3. The van der Waals surface area contributed by atoms with E-state index in [4.69, 9.17) is 11.6 Å². The molecular weight excluding hydrogens is 422 g/mol. The van der Waals surface area contributed by atoms with Crippen molar-refractivity contribution < 1.29 is 22.0 Å². The summed E-state index contributed by atoms with van der Waals surface area (Å²) in [6.45, 7) is 2.19. The second kappa shape index (κ2) is 8.38. The van der Waals surface area contributed by atoms with E-state index in [1.54, 1.807) is 19.1 Å². The standard InChI is InChI=1S/C20H21ClF2N2O3S/c1-20(19(26)24-12-14-3-5-15(22)6-4-14)9-2-10-25(13-20)29(27,28)16-7-8-18(23)17(21)11-16/h3-8,11H,2,9-10,12-13H2,1H3,(H,24,26)/t20-/m1/s1. The van der Waals surface area contributed by atoms with Gasteiger partial charge < -0.3 is 5.32 Å². The fourth-order valence-electron chi connectivity index (χ4n) is 3.37. The van der Waals surface area contributed by atoms with Crippen molar-refractivity contribution in [2.24, 2.45) is 5.41 Å². The van der Waals surface area contributed by atoms with E-state index in [-0.39, 0.29) is 41.3 Å². The van der Waals surface area contributed by atoms with Crippen LogP contribution < -0.4 is 5.32 Å². The van der Waals surface area contributed by atoms with Crippen LogP contribution in [-0.4, -0.2) is 31.7 Å². The minimum Gasteiger partial charge on any atom is -0.352 e. The summed E-state index contributed by atoms with van der Waals surface area (Å²) in [5, 5.41) is 2.53. The van der Waals surface area contributed by atoms with Crippen LogP contribution in [-0.2, 0) is 21.4 Å². The van der Waals surface area contributed by atoms with Gasteiger partial charge in [-0.05, 0) is 55.7 Å². The van der Waals surface area contributed by atoms with Gasteiger partial charge >= 0.3 is 0 Å². The SMILES string of the molecule is C[C@@]1(C(=O)NCc2ccc(F)cc2)CCCN(S(=O)(=O)c2ccc(F)c(Cl)c2)C1. The van der Waals surface area contributed by atoms with E-state index in [2.05, 4.69) is 5.32 Å². The third kappa shape index (κ3) is 4.76. The molecule has 1 saturated heterocycles. The van der Waals surface area contributed by atoms with Crippen molar-refractivity contribution in [3.8, 4) is 0 Å². The molecule has 156 valence electrons. The molecule has 3 rings (SSSR count). The lowest BCUT2D eigenvalue weighted by Crippen LogP contribution is -2.51. The number of sulfonamides is 1. The Kier molecular flexibility index (Phi) is 6.26. The van der Waals surface area contributed by atoms with E-state index in [1.165, 1.54) is 16.4 Å². The maximum Gasteiger partial charge on any atom is 0.243 e. The monoisotopic (exact) mass is 442 g/mol.